The fraction of sp³-hybridized carbons (Fsp3) is 0.115. The van der Waals surface area contributed by atoms with Gasteiger partial charge >= 0.3 is 0 Å². The maximum atomic E-state index is 6.28. The molecule has 3 aliphatic rings. The van der Waals surface area contributed by atoms with Crippen molar-refractivity contribution in [3.8, 4) is 16.8 Å². The molecule has 0 N–H and O–H groups in total. The van der Waals surface area contributed by atoms with Gasteiger partial charge in [0.2, 0.25) is 0 Å². The number of hydrogen-bond donors (Lipinski definition) is 0. The predicted octanol–water partition coefficient (Wildman–Crippen LogP) is 11.8. The first kappa shape index (κ1) is 31.9. The smallest absolute Gasteiger partial charge is 0.135 e. The predicted molar refractivity (Wildman–Crippen MR) is 231 cm³/mol. The standard InChI is InChI=1S/C52H40N2O/c1-3-13-36(14-4-1)42-17-7-10-20-47(42)53(41-29-31-49-46(34-41)44-18-8-11-21-48(44)54(49)39-15-5-2-6-16-39)40-27-23-35(24-28-40)37-25-30-43-38(33-37)26-32-51-52(43)45-19-9-12-22-50(45)55-51/h1-6,8-9,11,13-21,23-28,30-34,41H,7,10,12,22,29H2. The maximum Gasteiger partial charge on any atom is 0.135 e. The molecule has 0 spiro atoms. The lowest BCUT2D eigenvalue weighted by Crippen LogP contribution is -2.41. The lowest BCUT2D eigenvalue weighted by atomic mass is 9.92. The molecule has 2 aromatic heterocycles. The first-order chi connectivity index (χ1) is 27.3. The van der Waals surface area contributed by atoms with Crippen LogP contribution in [0.1, 0.15) is 42.6 Å². The third kappa shape index (κ3) is 5.33. The van der Waals surface area contributed by atoms with Gasteiger partial charge in [0.1, 0.15) is 11.3 Å². The van der Waals surface area contributed by atoms with Crippen LogP contribution in [0.15, 0.2) is 168 Å². The zero-order valence-electron chi connectivity index (χ0n) is 30.7. The topological polar surface area (TPSA) is 21.3 Å². The number of aryl methyl sites for hydroxylation is 1. The second-order valence-corrected chi connectivity index (χ2v) is 15.0. The number of anilines is 1. The van der Waals surface area contributed by atoms with E-state index >= 15 is 0 Å². The van der Waals surface area contributed by atoms with Gasteiger partial charge < -0.3 is 13.9 Å². The fourth-order valence-electron chi connectivity index (χ4n) is 9.24. The summed E-state index contributed by atoms with van der Waals surface area (Å²) in [6, 6.07) is 51.2. The molecule has 0 aliphatic heterocycles. The third-order valence-corrected chi connectivity index (χ3v) is 11.8. The van der Waals surface area contributed by atoms with Gasteiger partial charge in [0.15, 0.2) is 0 Å². The van der Waals surface area contributed by atoms with Crippen molar-refractivity contribution >= 4 is 62.1 Å². The van der Waals surface area contributed by atoms with Gasteiger partial charge in [-0.1, -0.05) is 134 Å². The SMILES string of the molecule is C1=Cc2c(oc3ccc4cc(-c5ccc(N(C6=CCCC=C6c6ccccc6)C6C=c7c(n(-c8ccccc8)c8ccccc78)=CC6)cc5)ccc4c23)CC1. The van der Waals surface area contributed by atoms with E-state index in [1.54, 1.807) is 0 Å². The molecule has 0 bridgehead atoms. The minimum atomic E-state index is 0.128. The van der Waals surface area contributed by atoms with Crippen LogP contribution in [0, 0.1) is 0 Å². The Bertz CT molecular complexity index is 2990. The molecule has 0 radical (unpaired) electrons. The van der Waals surface area contributed by atoms with Crippen LogP contribution in [0.5, 0.6) is 0 Å². The van der Waals surface area contributed by atoms with E-state index in [0.29, 0.717) is 0 Å². The molecule has 11 rings (SSSR count). The van der Waals surface area contributed by atoms with Crippen molar-refractivity contribution in [3.05, 3.63) is 191 Å². The highest BCUT2D eigenvalue weighted by atomic mass is 16.3. The van der Waals surface area contributed by atoms with Crippen molar-refractivity contribution in [1.82, 2.24) is 4.57 Å². The Balaban J connectivity index is 1.03. The van der Waals surface area contributed by atoms with Gasteiger partial charge in [0.05, 0.1) is 11.6 Å². The van der Waals surface area contributed by atoms with Crippen LogP contribution in [0.2, 0.25) is 0 Å². The minimum absolute atomic E-state index is 0.128. The maximum absolute atomic E-state index is 6.28. The monoisotopic (exact) mass is 708 g/mol. The van der Waals surface area contributed by atoms with E-state index in [0.717, 1.165) is 43.4 Å². The molecule has 3 aliphatic carbocycles. The van der Waals surface area contributed by atoms with Crippen LogP contribution < -0.4 is 15.5 Å². The average molecular weight is 709 g/mol. The van der Waals surface area contributed by atoms with Crippen molar-refractivity contribution in [2.24, 2.45) is 0 Å². The first-order valence-electron chi connectivity index (χ1n) is 19.7. The summed E-state index contributed by atoms with van der Waals surface area (Å²) in [4.78, 5) is 2.60. The highest BCUT2D eigenvalue weighted by Crippen LogP contribution is 2.40. The van der Waals surface area contributed by atoms with Crippen molar-refractivity contribution in [2.45, 2.75) is 38.1 Å². The molecule has 0 amide bonds. The van der Waals surface area contributed by atoms with E-state index in [2.05, 4.69) is 185 Å². The van der Waals surface area contributed by atoms with Gasteiger partial charge in [-0.05, 0) is 95.6 Å². The Morgan fingerprint density at radius 3 is 2.29 bits per heavy atom. The summed E-state index contributed by atoms with van der Waals surface area (Å²) in [5, 5.41) is 7.59. The quantitative estimate of drug-likeness (QED) is 0.171. The van der Waals surface area contributed by atoms with Gasteiger partial charge in [0.25, 0.3) is 0 Å². The van der Waals surface area contributed by atoms with E-state index in [1.807, 2.05) is 0 Å². The van der Waals surface area contributed by atoms with E-state index < -0.39 is 0 Å². The van der Waals surface area contributed by atoms with Crippen molar-refractivity contribution < 1.29 is 4.42 Å². The largest absolute Gasteiger partial charge is 0.460 e. The lowest BCUT2D eigenvalue weighted by molar-refractivity contribution is 0.546. The molecule has 8 aromatic rings. The molecule has 6 aromatic carbocycles. The van der Waals surface area contributed by atoms with Gasteiger partial charge in [-0.25, -0.2) is 0 Å². The van der Waals surface area contributed by atoms with Crippen LogP contribution >= 0.6 is 0 Å². The van der Waals surface area contributed by atoms with Crippen LogP contribution in [-0.4, -0.2) is 10.6 Å². The molecule has 0 saturated heterocycles. The zero-order chi connectivity index (χ0) is 36.3. The number of benzene rings is 6. The summed E-state index contributed by atoms with van der Waals surface area (Å²) in [6.07, 6.45) is 19.4. The molecule has 3 nitrogen and oxygen atoms in total. The van der Waals surface area contributed by atoms with E-state index in [4.69, 9.17) is 4.42 Å². The fourth-order valence-corrected chi connectivity index (χ4v) is 9.24. The second-order valence-electron chi connectivity index (χ2n) is 15.0. The number of hydrogen-bond acceptors (Lipinski definition) is 2. The molecular formula is C52H40N2O. The summed E-state index contributed by atoms with van der Waals surface area (Å²) in [5.41, 5.74) is 12.1. The number of fused-ring (bicyclic) bond motifs is 8. The number of aromatic nitrogens is 1. The summed E-state index contributed by atoms with van der Waals surface area (Å²) in [6.45, 7) is 0. The molecule has 0 saturated carbocycles. The van der Waals surface area contributed by atoms with E-state index in [9.17, 15) is 0 Å². The van der Waals surface area contributed by atoms with E-state index in [1.165, 1.54) is 82.5 Å². The Morgan fingerprint density at radius 1 is 0.636 bits per heavy atom. The third-order valence-electron chi connectivity index (χ3n) is 11.8. The Labute approximate surface area is 320 Å². The Hall–Kier alpha value is -6.58. The number of furan rings is 1. The van der Waals surface area contributed by atoms with Gasteiger partial charge in [-0.15, -0.1) is 0 Å². The molecule has 1 unspecified atom stereocenters. The molecule has 2 heterocycles. The molecule has 55 heavy (non-hydrogen) atoms. The normalized spacial score (nSPS) is 16.3. The molecular weight excluding hydrogens is 669 g/mol. The minimum Gasteiger partial charge on any atom is -0.460 e. The van der Waals surface area contributed by atoms with Crippen molar-refractivity contribution in [2.75, 3.05) is 4.90 Å². The Kier molecular flexibility index (Phi) is 7.58. The zero-order valence-corrected chi connectivity index (χ0v) is 30.7. The summed E-state index contributed by atoms with van der Waals surface area (Å²) >= 11 is 0. The van der Waals surface area contributed by atoms with Gasteiger partial charge in [0, 0.05) is 56.0 Å². The molecule has 3 heteroatoms. The van der Waals surface area contributed by atoms with Crippen LogP contribution in [0.25, 0.3) is 73.3 Å². The van der Waals surface area contributed by atoms with Gasteiger partial charge in [-0.3, -0.25) is 0 Å². The number of nitrogens with zero attached hydrogens (tertiary/aromatic N) is 2. The first-order valence-corrected chi connectivity index (χ1v) is 19.7. The number of allylic oxidation sites excluding steroid dienone is 4. The van der Waals surface area contributed by atoms with Crippen LogP contribution in [-0.2, 0) is 6.42 Å². The highest BCUT2D eigenvalue weighted by molar-refractivity contribution is 6.11. The Morgan fingerprint density at radius 2 is 1.42 bits per heavy atom. The van der Waals surface area contributed by atoms with Gasteiger partial charge in [-0.2, -0.15) is 0 Å². The van der Waals surface area contributed by atoms with Crippen LogP contribution in [0.3, 0.4) is 0 Å². The highest BCUT2D eigenvalue weighted by Gasteiger charge is 2.27. The molecule has 0 fully saturated rings. The molecule has 264 valence electrons. The molecule has 1 atom stereocenters. The van der Waals surface area contributed by atoms with Crippen molar-refractivity contribution in [1.29, 1.82) is 0 Å². The summed E-state index contributed by atoms with van der Waals surface area (Å²) in [7, 11) is 0. The number of rotatable bonds is 6. The van der Waals surface area contributed by atoms with Crippen LogP contribution in [0.4, 0.5) is 5.69 Å². The second kappa shape index (κ2) is 13.1. The lowest BCUT2D eigenvalue weighted by Gasteiger charge is -2.37. The summed E-state index contributed by atoms with van der Waals surface area (Å²) in [5.74, 6) is 1.11. The average Bonchev–Trinajstić information content (AvgIpc) is 3.81. The van der Waals surface area contributed by atoms with E-state index in [-0.39, 0.29) is 6.04 Å². The number of para-hydroxylation sites is 2. The van der Waals surface area contributed by atoms with Crippen molar-refractivity contribution in [3.63, 3.8) is 0 Å². The summed E-state index contributed by atoms with van der Waals surface area (Å²) < 4.78 is 8.71.